The van der Waals surface area contributed by atoms with Gasteiger partial charge in [-0.3, -0.25) is 0 Å². The maximum absolute atomic E-state index is 5.99. The molecule has 0 unspecified atom stereocenters. The summed E-state index contributed by atoms with van der Waals surface area (Å²) < 4.78 is 5.90. The topological polar surface area (TPSA) is 48.1 Å². The van der Waals surface area contributed by atoms with Gasteiger partial charge < -0.3 is 10.5 Å². The molecule has 0 aliphatic carbocycles. The lowest BCUT2D eigenvalue weighted by Crippen LogP contribution is -2.01. The van der Waals surface area contributed by atoms with E-state index >= 15 is 0 Å². The van der Waals surface area contributed by atoms with Gasteiger partial charge in [0.05, 0.1) is 0 Å². The number of fused-ring (bicyclic) bond motifs is 1. The van der Waals surface area contributed by atoms with Gasteiger partial charge in [-0.05, 0) is 37.3 Å². The fourth-order valence-corrected chi connectivity index (χ4v) is 2.38. The van der Waals surface area contributed by atoms with E-state index in [9.17, 15) is 0 Å². The Labute approximate surface area is 128 Å². The van der Waals surface area contributed by atoms with Crippen LogP contribution in [0, 0.1) is 6.92 Å². The normalized spacial score (nSPS) is 10.8. The summed E-state index contributed by atoms with van der Waals surface area (Å²) in [5.41, 5.74) is 9.29. The van der Waals surface area contributed by atoms with Crippen LogP contribution in [0.1, 0.15) is 11.3 Å². The lowest BCUT2D eigenvalue weighted by molar-refractivity contribution is 0.310. The number of halogens is 1. The standard InChI is InChI=1S/C17H15ClN2O/c1-11-5-6-12-3-2-4-16(17(12)20-11)21-10-13-9-14(18)7-8-15(13)19/h2-9H,10,19H2,1H3. The summed E-state index contributed by atoms with van der Waals surface area (Å²) in [6.45, 7) is 2.33. The number of nitrogen functional groups attached to an aromatic ring is 1. The Bertz CT molecular complexity index is 802. The van der Waals surface area contributed by atoms with Gasteiger partial charge in [-0.2, -0.15) is 0 Å². The predicted molar refractivity (Wildman–Crippen MR) is 86.7 cm³/mol. The molecule has 3 aromatic rings. The highest BCUT2D eigenvalue weighted by Gasteiger charge is 2.06. The van der Waals surface area contributed by atoms with Crippen molar-refractivity contribution in [3.8, 4) is 5.75 Å². The molecule has 0 atom stereocenters. The molecular weight excluding hydrogens is 284 g/mol. The van der Waals surface area contributed by atoms with Crippen LogP contribution in [0.25, 0.3) is 10.9 Å². The first-order chi connectivity index (χ1) is 10.1. The number of pyridine rings is 1. The molecule has 0 fully saturated rings. The average molecular weight is 299 g/mol. The summed E-state index contributed by atoms with van der Waals surface area (Å²) in [4.78, 5) is 4.55. The third kappa shape index (κ3) is 2.93. The minimum Gasteiger partial charge on any atom is -0.487 e. The maximum Gasteiger partial charge on any atom is 0.146 e. The van der Waals surface area contributed by atoms with Gasteiger partial charge >= 0.3 is 0 Å². The van der Waals surface area contributed by atoms with E-state index in [-0.39, 0.29) is 0 Å². The maximum atomic E-state index is 5.99. The number of hydrogen-bond donors (Lipinski definition) is 1. The van der Waals surface area contributed by atoms with Crippen LogP contribution < -0.4 is 10.5 Å². The van der Waals surface area contributed by atoms with Crippen molar-refractivity contribution in [1.82, 2.24) is 4.98 Å². The van der Waals surface area contributed by atoms with Crippen molar-refractivity contribution in [1.29, 1.82) is 0 Å². The minimum atomic E-state index is 0.362. The van der Waals surface area contributed by atoms with Gasteiger partial charge in [0.1, 0.15) is 17.9 Å². The number of anilines is 1. The van der Waals surface area contributed by atoms with E-state index in [4.69, 9.17) is 22.1 Å². The van der Waals surface area contributed by atoms with Crippen molar-refractivity contribution >= 4 is 28.2 Å². The highest BCUT2D eigenvalue weighted by Crippen LogP contribution is 2.26. The SMILES string of the molecule is Cc1ccc2cccc(OCc3cc(Cl)ccc3N)c2n1. The van der Waals surface area contributed by atoms with E-state index in [2.05, 4.69) is 4.98 Å². The lowest BCUT2D eigenvalue weighted by atomic mass is 10.2. The number of aromatic nitrogens is 1. The van der Waals surface area contributed by atoms with E-state index < -0.39 is 0 Å². The Hall–Kier alpha value is -2.26. The van der Waals surface area contributed by atoms with Gasteiger partial charge in [0.2, 0.25) is 0 Å². The Morgan fingerprint density at radius 2 is 2.00 bits per heavy atom. The summed E-state index contributed by atoms with van der Waals surface area (Å²) in [5, 5.41) is 1.70. The van der Waals surface area contributed by atoms with Crippen LogP contribution in [0.4, 0.5) is 5.69 Å². The molecule has 21 heavy (non-hydrogen) atoms. The fourth-order valence-electron chi connectivity index (χ4n) is 2.19. The summed E-state index contributed by atoms with van der Waals surface area (Å²) in [6.07, 6.45) is 0. The predicted octanol–water partition coefficient (Wildman–Crippen LogP) is 4.36. The van der Waals surface area contributed by atoms with E-state index in [0.29, 0.717) is 17.3 Å². The Morgan fingerprint density at radius 1 is 1.14 bits per heavy atom. The zero-order valence-electron chi connectivity index (χ0n) is 11.6. The molecule has 3 rings (SSSR count). The minimum absolute atomic E-state index is 0.362. The van der Waals surface area contributed by atoms with Crippen LogP contribution in [-0.2, 0) is 6.61 Å². The molecule has 1 aromatic heterocycles. The molecule has 2 aromatic carbocycles. The first-order valence-corrected chi connectivity index (χ1v) is 7.04. The molecule has 0 amide bonds. The number of nitrogens with zero attached hydrogens (tertiary/aromatic N) is 1. The third-order valence-corrected chi connectivity index (χ3v) is 3.55. The number of benzene rings is 2. The first-order valence-electron chi connectivity index (χ1n) is 6.66. The highest BCUT2D eigenvalue weighted by molar-refractivity contribution is 6.30. The molecule has 0 saturated heterocycles. The Kier molecular flexibility index (Phi) is 3.67. The van der Waals surface area contributed by atoms with Gasteiger partial charge in [-0.25, -0.2) is 4.98 Å². The molecule has 4 heteroatoms. The van der Waals surface area contributed by atoms with Crippen molar-refractivity contribution in [2.75, 3.05) is 5.73 Å². The zero-order valence-corrected chi connectivity index (χ0v) is 12.4. The molecule has 0 spiro atoms. The van der Waals surface area contributed by atoms with Crippen molar-refractivity contribution in [3.05, 3.63) is 64.8 Å². The van der Waals surface area contributed by atoms with Gasteiger partial charge in [0, 0.05) is 27.4 Å². The number of ether oxygens (including phenoxy) is 1. The smallest absolute Gasteiger partial charge is 0.146 e. The molecule has 0 radical (unpaired) electrons. The fraction of sp³-hybridized carbons (Fsp3) is 0.118. The monoisotopic (exact) mass is 298 g/mol. The highest BCUT2D eigenvalue weighted by atomic mass is 35.5. The summed E-state index contributed by atoms with van der Waals surface area (Å²) in [7, 11) is 0. The van der Waals surface area contributed by atoms with E-state index in [1.54, 1.807) is 12.1 Å². The molecule has 3 nitrogen and oxygen atoms in total. The van der Waals surface area contributed by atoms with Gasteiger partial charge in [0.15, 0.2) is 0 Å². The molecule has 0 bridgehead atoms. The molecule has 0 saturated carbocycles. The summed E-state index contributed by atoms with van der Waals surface area (Å²) >= 11 is 5.99. The van der Waals surface area contributed by atoms with Gasteiger partial charge in [-0.15, -0.1) is 0 Å². The van der Waals surface area contributed by atoms with Crippen molar-refractivity contribution in [2.45, 2.75) is 13.5 Å². The van der Waals surface area contributed by atoms with Crippen LogP contribution in [0.5, 0.6) is 5.75 Å². The summed E-state index contributed by atoms with van der Waals surface area (Å²) in [5.74, 6) is 0.746. The van der Waals surface area contributed by atoms with Crippen LogP contribution in [0.15, 0.2) is 48.5 Å². The second-order valence-electron chi connectivity index (χ2n) is 4.91. The number of rotatable bonds is 3. The quantitative estimate of drug-likeness (QED) is 0.731. The second-order valence-corrected chi connectivity index (χ2v) is 5.35. The van der Waals surface area contributed by atoms with Crippen molar-refractivity contribution in [2.24, 2.45) is 0 Å². The number of para-hydroxylation sites is 1. The molecule has 0 aliphatic rings. The van der Waals surface area contributed by atoms with E-state index in [1.807, 2.05) is 43.3 Å². The Morgan fingerprint density at radius 3 is 2.86 bits per heavy atom. The van der Waals surface area contributed by atoms with E-state index in [0.717, 1.165) is 27.9 Å². The Balaban J connectivity index is 1.91. The third-order valence-electron chi connectivity index (χ3n) is 3.31. The van der Waals surface area contributed by atoms with Crippen LogP contribution >= 0.6 is 11.6 Å². The summed E-state index contributed by atoms with van der Waals surface area (Å²) in [6, 6.07) is 15.3. The van der Waals surface area contributed by atoms with Crippen LogP contribution in [0.2, 0.25) is 5.02 Å². The van der Waals surface area contributed by atoms with Gasteiger partial charge in [-0.1, -0.05) is 29.8 Å². The molecule has 106 valence electrons. The number of aryl methyl sites for hydroxylation is 1. The molecular formula is C17H15ClN2O. The lowest BCUT2D eigenvalue weighted by Gasteiger charge is -2.11. The molecule has 2 N–H and O–H groups in total. The first kappa shape index (κ1) is 13.7. The van der Waals surface area contributed by atoms with Crippen molar-refractivity contribution in [3.63, 3.8) is 0 Å². The zero-order chi connectivity index (χ0) is 14.8. The van der Waals surface area contributed by atoms with Crippen LogP contribution in [-0.4, -0.2) is 4.98 Å². The second kappa shape index (κ2) is 5.62. The average Bonchev–Trinajstić information content (AvgIpc) is 2.48. The van der Waals surface area contributed by atoms with Gasteiger partial charge in [0.25, 0.3) is 0 Å². The van der Waals surface area contributed by atoms with E-state index in [1.165, 1.54) is 0 Å². The molecule has 1 heterocycles. The molecule has 0 aliphatic heterocycles. The van der Waals surface area contributed by atoms with Crippen LogP contribution in [0.3, 0.4) is 0 Å². The largest absolute Gasteiger partial charge is 0.487 e. The number of hydrogen-bond acceptors (Lipinski definition) is 3. The van der Waals surface area contributed by atoms with Crippen molar-refractivity contribution < 1.29 is 4.74 Å². The number of nitrogens with two attached hydrogens (primary N) is 1.